The van der Waals surface area contributed by atoms with Crippen molar-refractivity contribution in [3.05, 3.63) is 107 Å². The smallest absolute Gasteiger partial charge is 0.305 e. The number of aromatic nitrogens is 2. The van der Waals surface area contributed by atoms with Crippen molar-refractivity contribution in [2.75, 3.05) is 6.54 Å². The number of H-pyrrole nitrogens is 2. The number of hydrogen-bond acceptors (Lipinski definition) is 5. The lowest BCUT2D eigenvalue weighted by atomic mass is 9.81. The minimum atomic E-state index is -0.645. The van der Waals surface area contributed by atoms with Gasteiger partial charge in [-0.3, -0.25) is 4.79 Å². The molecule has 0 fully saturated rings. The summed E-state index contributed by atoms with van der Waals surface area (Å²) in [5.41, 5.74) is 21.1. The molecule has 3 aromatic carbocycles. The van der Waals surface area contributed by atoms with Crippen molar-refractivity contribution in [2.45, 2.75) is 92.3 Å². The summed E-state index contributed by atoms with van der Waals surface area (Å²) < 4.78 is 14.1. The Labute approximate surface area is 279 Å². The largest absolute Gasteiger partial charge is 0.479 e. The van der Waals surface area contributed by atoms with Crippen LogP contribution in [0.15, 0.2) is 57.9 Å². The molecular formula is C38H43N5O3S. The third-order valence-electron chi connectivity index (χ3n) is 9.52. The maximum atomic E-state index is 12.9. The fourth-order valence-electron chi connectivity index (χ4n) is 7.13. The van der Waals surface area contributed by atoms with E-state index in [4.69, 9.17) is 9.47 Å². The fourth-order valence-corrected chi connectivity index (χ4v) is 8.04. The van der Waals surface area contributed by atoms with Crippen LogP contribution in [0.25, 0.3) is 37.1 Å². The molecule has 0 bridgehead atoms. The minimum Gasteiger partial charge on any atom is -0.479 e. The second kappa shape index (κ2) is 11.7. The third-order valence-corrected chi connectivity index (χ3v) is 10.4. The van der Waals surface area contributed by atoms with Gasteiger partial charge < -0.3 is 19.4 Å². The average molecular weight is 650 g/mol. The van der Waals surface area contributed by atoms with E-state index in [0.29, 0.717) is 21.8 Å². The normalized spacial score (nSPS) is 15.7. The molecule has 8 nitrogen and oxygen atoms in total. The first-order chi connectivity index (χ1) is 22.1. The first-order valence-corrected chi connectivity index (χ1v) is 16.9. The van der Waals surface area contributed by atoms with Crippen molar-refractivity contribution >= 4 is 38.0 Å². The third kappa shape index (κ3) is 5.62. The molecule has 0 aliphatic heterocycles. The van der Waals surface area contributed by atoms with Gasteiger partial charge in [0.1, 0.15) is 23.5 Å². The molecule has 9 heteroatoms. The Balaban J connectivity index is 1.41. The zero-order valence-electron chi connectivity index (χ0n) is 28.9. The molecule has 1 aliphatic rings. The molecule has 6 rings (SSSR count). The van der Waals surface area contributed by atoms with Gasteiger partial charge >= 0.3 is 4.87 Å². The standard InChI is InChI=1S/C38H43N5O3S/c1-19-20(2)33(24-12-11-13-26(31(19)24)38(8,9)10)45-28-17-14-23(34-32(28)42-36(44)47-34)29(18-40-43-39)46-35-22(4)30-21(3)25(37(5,6)7)15-16-27(30)41-35/h11-17,29,33,41H,18H2,1-10H3,(H,42,44)/t29-,33?/m0/s1. The van der Waals surface area contributed by atoms with Crippen molar-refractivity contribution in [3.8, 4) is 11.6 Å². The molecule has 2 N–H and O–H groups in total. The number of hydrogen-bond donors (Lipinski definition) is 2. The van der Waals surface area contributed by atoms with Crippen molar-refractivity contribution in [1.82, 2.24) is 9.97 Å². The predicted octanol–water partition coefficient (Wildman–Crippen LogP) is 10.6. The first kappa shape index (κ1) is 32.5. The quantitative estimate of drug-likeness (QED) is 0.104. The SMILES string of the molecule is CC1=C(C)C(Oc2ccc([C@H](CN=[N+]=[N-])Oc3[nH]c4ccc(C(C)(C)C)c(C)c4c3C)c3sc(=O)[nH]c23)c2cccc(C(C)(C)C)c21. The Morgan fingerprint density at radius 2 is 1.66 bits per heavy atom. The zero-order valence-corrected chi connectivity index (χ0v) is 29.7. The number of azide groups is 1. The number of aromatic amines is 2. The summed E-state index contributed by atoms with van der Waals surface area (Å²) in [6.45, 7) is 21.8. The summed E-state index contributed by atoms with van der Waals surface area (Å²) in [5, 5.41) is 5.03. The summed E-state index contributed by atoms with van der Waals surface area (Å²) >= 11 is 1.10. The second-order valence-electron chi connectivity index (χ2n) is 14.7. The van der Waals surface area contributed by atoms with Crippen LogP contribution in [0.5, 0.6) is 11.6 Å². The van der Waals surface area contributed by atoms with Gasteiger partial charge in [0, 0.05) is 32.5 Å². The van der Waals surface area contributed by atoms with Gasteiger partial charge in [-0.05, 0) is 89.6 Å². The van der Waals surface area contributed by atoms with Crippen molar-refractivity contribution in [2.24, 2.45) is 5.11 Å². The van der Waals surface area contributed by atoms with Crippen LogP contribution in [-0.4, -0.2) is 16.5 Å². The number of aryl methyl sites for hydroxylation is 2. The van der Waals surface area contributed by atoms with Crippen LogP contribution in [0.2, 0.25) is 0 Å². The first-order valence-electron chi connectivity index (χ1n) is 16.0. The van der Waals surface area contributed by atoms with E-state index in [9.17, 15) is 10.3 Å². The van der Waals surface area contributed by atoms with Crippen LogP contribution >= 0.6 is 11.3 Å². The molecule has 1 unspecified atom stereocenters. The molecule has 2 aromatic heterocycles. The average Bonchev–Trinajstić information content (AvgIpc) is 3.62. The number of benzene rings is 3. The van der Waals surface area contributed by atoms with Gasteiger partial charge in [0.15, 0.2) is 5.88 Å². The Morgan fingerprint density at radius 3 is 2.34 bits per heavy atom. The number of ether oxygens (including phenoxy) is 2. The molecule has 0 saturated heterocycles. The monoisotopic (exact) mass is 649 g/mol. The molecule has 0 amide bonds. The van der Waals surface area contributed by atoms with Crippen LogP contribution in [-0.2, 0) is 10.8 Å². The lowest BCUT2D eigenvalue weighted by molar-refractivity contribution is 0.207. The van der Waals surface area contributed by atoms with E-state index in [1.54, 1.807) is 0 Å². The fraction of sp³-hybridized carbons (Fsp3) is 0.395. The Kier molecular flexibility index (Phi) is 8.05. The maximum Gasteiger partial charge on any atom is 0.305 e. The molecule has 47 heavy (non-hydrogen) atoms. The maximum absolute atomic E-state index is 12.9. The van der Waals surface area contributed by atoms with E-state index in [2.05, 4.69) is 113 Å². The molecule has 2 heterocycles. The van der Waals surface area contributed by atoms with Gasteiger partial charge in [0.2, 0.25) is 0 Å². The Morgan fingerprint density at radius 1 is 0.936 bits per heavy atom. The van der Waals surface area contributed by atoms with Crippen molar-refractivity contribution < 1.29 is 9.47 Å². The predicted molar refractivity (Wildman–Crippen MR) is 193 cm³/mol. The van der Waals surface area contributed by atoms with E-state index in [1.807, 2.05) is 19.1 Å². The van der Waals surface area contributed by atoms with E-state index in [-0.39, 0.29) is 28.4 Å². The number of rotatable bonds is 7. The molecule has 244 valence electrons. The molecule has 0 radical (unpaired) electrons. The minimum absolute atomic E-state index is 0.00331. The lowest BCUT2D eigenvalue weighted by Gasteiger charge is -2.24. The Bertz CT molecular complexity index is 2180. The van der Waals surface area contributed by atoms with Gasteiger partial charge in [0.05, 0.1) is 11.2 Å². The topological polar surface area (TPSA) is 116 Å². The van der Waals surface area contributed by atoms with Crippen LogP contribution in [0.1, 0.15) is 107 Å². The zero-order chi connectivity index (χ0) is 34.0. The van der Waals surface area contributed by atoms with Crippen molar-refractivity contribution in [1.29, 1.82) is 0 Å². The number of nitrogens with zero attached hydrogens (tertiary/aromatic N) is 3. The highest BCUT2D eigenvalue weighted by atomic mass is 32.1. The van der Waals surface area contributed by atoms with E-state index >= 15 is 0 Å². The highest BCUT2D eigenvalue weighted by Crippen LogP contribution is 2.48. The number of nitrogens with one attached hydrogen (secondary N) is 2. The van der Waals surface area contributed by atoms with Gasteiger partial charge in [-0.15, -0.1) is 0 Å². The molecule has 2 atom stereocenters. The number of thiazole rings is 1. The summed E-state index contributed by atoms with van der Waals surface area (Å²) in [6, 6.07) is 14.5. The molecule has 1 aliphatic carbocycles. The van der Waals surface area contributed by atoms with Crippen molar-refractivity contribution in [3.63, 3.8) is 0 Å². The molecule has 5 aromatic rings. The van der Waals surface area contributed by atoms with Gasteiger partial charge in [-0.25, -0.2) is 0 Å². The number of fused-ring (bicyclic) bond motifs is 3. The van der Waals surface area contributed by atoms with Crippen LogP contribution in [0.3, 0.4) is 0 Å². The van der Waals surface area contributed by atoms with Crippen LogP contribution < -0.4 is 14.3 Å². The molecule has 0 spiro atoms. The highest BCUT2D eigenvalue weighted by molar-refractivity contribution is 7.16. The van der Waals surface area contributed by atoms with Gasteiger partial charge in [-0.1, -0.05) is 88.3 Å². The summed E-state index contributed by atoms with van der Waals surface area (Å²) in [7, 11) is 0. The van der Waals surface area contributed by atoms with Crippen LogP contribution in [0, 0.1) is 13.8 Å². The van der Waals surface area contributed by atoms with E-state index in [0.717, 1.165) is 44.5 Å². The Hall–Kier alpha value is -4.46. The molecular weight excluding hydrogens is 607 g/mol. The second-order valence-corrected chi connectivity index (χ2v) is 15.7. The summed E-state index contributed by atoms with van der Waals surface area (Å²) in [6.07, 6.45) is -0.927. The van der Waals surface area contributed by atoms with E-state index in [1.165, 1.54) is 27.8 Å². The lowest BCUT2D eigenvalue weighted by Crippen LogP contribution is -2.15. The summed E-state index contributed by atoms with van der Waals surface area (Å²) in [5.74, 6) is 1.19. The number of allylic oxidation sites excluding steroid dienone is 1. The van der Waals surface area contributed by atoms with Gasteiger partial charge in [-0.2, -0.15) is 0 Å². The van der Waals surface area contributed by atoms with Gasteiger partial charge in [0.25, 0.3) is 0 Å². The highest BCUT2D eigenvalue weighted by Gasteiger charge is 2.34. The molecule has 0 saturated carbocycles. The van der Waals surface area contributed by atoms with Crippen LogP contribution in [0.4, 0.5) is 0 Å². The van der Waals surface area contributed by atoms with E-state index < -0.39 is 6.10 Å². The summed E-state index contributed by atoms with van der Waals surface area (Å²) in [4.78, 5) is 22.2.